The summed E-state index contributed by atoms with van der Waals surface area (Å²) in [7, 11) is 0. The summed E-state index contributed by atoms with van der Waals surface area (Å²) in [4.78, 5) is 13.7. The zero-order valence-corrected chi connectivity index (χ0v) is 15.0. The van der Waals surface area contributed by atoms with Crippen LogP contribution in [0.2, 0.25) is 0 Å². The van der Waals surface area contributed by atoms with E-state index < -0.39 is 5.41 Å². The summed E-state index contributed by atoms with van der Waals surface area (Å²) < 4.78 is 5.96. The molecule has 1 radical (unpaired) electrons. The molecule has 0 N–H and O–H groups in total. The van der Waals surface area contributed by atoms with Crippen LogP contribution in [0.5, 0.6) is 0 Å². The van der Waals surface area contributed by atoms with Crippen LogP contribution >= 0.6 is 0 Å². The van der Waals surface area contributed by atoms with E-state index in [2.05, 4.69) is 42.6 Å². The number of hydrogen-bond donors (Lipinski definition) is 0. The van der Waals surface area contributed by atoms with E-state index in [9.17, 15) is 0 Å². The monoisotopic (exact) mass is 355 g/mol. The Morgan fingerprint density at radius 3 is 2.65 bits per heavy atom. The second kappa shape index (κ2) is 6.89. The molecule has 0 fully saturated rings. The third-order valence-electron chi connectivity index (χ3n) is 3.95. The number of aryl methyl sites for hydroxylation is 1. The minimum Gasteiger partial charge on any atom is -0.445 e. The van der Waals surface area contributed by atoms with Crippen molar-refractivity contribution in [3.05, 3.63) is 47.9 Å². The molecule has 0 amide bonds. The summed E-state index contributed by atoms with van der Waals surface area (Å²) in [5, 5.41) is 0. The predicted octanol–water partition coefficient (Wildman–Crippen LogP) is 4.09. The quantitative estimate of drug-likeness (QED) is 0.692. The molecule has 5 heteroatoms. The van der Waals surface area contributed by atoms with Crippen molar-refractivity contribution in [2.24, 2.45) is 5.92 Å². The number of aromatic nitrogens is 3. The van der Waals surface area contributed by atoms with Crippen molar-refractivity contribution in [3.63, 3.8) is 0 Å². The molecule has 0 aliphatic rings. The van der Waals surface area contributed by atoms with Crippen LogP contribution in [0.15, 0.2) is 34.9 Å². The van der Waals surface area contributed by atoms with Gasteiger partial charge in [-0.3, -0.25) is 0 Å². The zero-order chi connectivity index (χ0) is 15.7. The number of imidazole rings is 1. The van der Waals surface area contributed by atoms with E-state index >= 15 is 0 Å². The standard InChI is InChI=1S/C18H22N3O.Co/c1-12(2)9-10-13-11-19-17(22-13)18(3,4)16-20-14-7-5-6-8-15(14)21-16;/h5-8,11-12H,9-10H2,1-4H3;/q-1;. The van der Waals surface area contributed by atoms with Crippen LogP contribution < -0.4 is 4.98 Å². The molecule has 4 nitrogen and oxygen atoms in total. The summed E-state index contributed by atoms with van der Waals surface area (Å²) in [6.45, 7) is 8.54. The Bertz CT molecular complexity index is 740. The number of fused-ring (bicyclic) bond motifs is 1. The molecule has 125 valence electrons. The Balaban J connectivity index is 0.00000192. The van der Waals surface area contributed by atoms with Gasteiger partial charge in [0.25, 0.3) is 0 Å². The van der Waals surface area contributed by atoms with Crippen molar-refractivity contribution < 1.29 is 21.2 Å². The van der Waals surface area contributed by atoms with Gasteiger partial charge in [-0.2, -0.15) is 0 Å². The SMILES string of the molecule is CC(C)CCc1cnc(C(C)(C)c2nc3ccccc3[n-]2)o1.[Co]. The summed E-state index contributed by atoms with van der Waals surface area (Å²) in [5.41, 5.74) is 1.39. The molecule has 0 unspecified atom stereocenters. The molecule has 3 rings (SSSR count). The molecule has 0 bridgehead atoms. The summed E-state index contributed by atoms with van der Waals surface area (Å²) in [6.07, 6.45) is 3.86. The Morgan fingerprint density at radius 2 is 1.96 bits per heavy atom. The van der Waals surface area contributed by atoms with Crippen LogP contribution in [0.1, 0.15) is 51.6 Å². The van der Waals surface area contributed by atoms with Crippen molar-refractivity contribution in [1.82, 2.24) is 15.0 Å². The van der Waals surface area contributed by atoms with Crippen LogP contribution in [0, 0.1) is 5.92 Å². The Morgan fingerprint density at radius 1 is 1.22 bits per heavy atom. The Kier molecular flexibility index (Phi) is 5.32. The van der Waals surface area contributed by atoms with Crippen LogP contribution in [-0.2, 0) is 28.6 Å². The first-order chi connectivity index (χ1) is 10.5. The molecule has 0 aliphatic carbocycles. The van der Waals surface area contributed by atoms with Gasteiger partial charge in [-0.25, -0.2) is 4.98 Å². The number of rotatable bonds is 5. The zero-order valence-electron chi connectivity index (χ0n) is 14.0. The van der Waals surface area contributed by atoms with Crippen molar-refractivity contribution in [1.29, 1.82) is 0 Å². The fraction of sp³-hybridized carbons (Fsp3) is 0.444. The molecular formula is C18H22CoN3O-. The topological polar surface area (TPSA) is 53.0 Å². The van der Waals surface area contributed by atoms with Gasteiger partial charge < -0.3 is 14.4 Å². The second-order valence-electron chi connectivity index (χ2n) is 6.73. The van der Waals surface area contributed by atoms with Gasteiger partial charge in [0.2, 0.25) is 5.89 Å². The molecule has 0 atom stereocenters. The van der Waals surface area contributed by atoms with E-state index in [1.807, 2.05) is 30.5 Å². The maximum Gasteiger partial charge on any atom is 0.203 e. The molecule has 23 heavy (non-hydrogen) atoms. The van der Waals surface area contributed by atoms with E-state index in [1.165, 1.54) is 0 Å². The molecule has 3 aromatic rings. The Labute approximate surface area is 147 Å². The first-order valence-corrected chi connectivity index (χ1v) is 7.82. The van der Waals surface area contributed by atoms with Gasteiger partial charge >= 0.3 is 0 Å². The first kappa shape index (κ1) is 17.8. The smallest absolute Gasteiger partial charge is 0.203 e. The van der Waals surface area contributed by atoms with E-state index in [1.54, 1.807) is 0 Å². The van der Waals surface area contributed by atoms with Gasteiger partial charge in [0.15, 0.2) is 0 Å². The average Bonchev–Trinajstić information content (AvgIpc) is 3.12. The molecular weight excluding hydrogens is 333 g/mol. The van der Waals surface area contributed by atoms with Crippen LogP contribution in [-0.4, -0.2) is 9.97 Å². The maximum absolute atomic E-state index is 5.96. The third-order valence-corrected chi connectivity index (χ3v) is 3.95. The van der Waals surface area contributed by atoms with Crippen LogP contribution in [0.3, 0.4) is 0 Å². The number of oxazole rings is 1. The van der Waals surface area contributed by atoms with Gasteiger partial charge in [-0.1, -0.05) is 43.9 Å². The van der Waals surface area contributed by atoms with Crippen molar-refractivity contribution in [2.45, 2.75) is 46.0 Å². The molecule has 2 heterocycles. The van der Waals surface area contributed by atoms with E-state index in [4.69, 9.17) is 4.42 Å². The molecule has 0 aliphatic heterocycles. The minimum absolute atomic E-state index is 0. The summed E-state index contributed by atoms with van der Waals surface area (Å²) >= 11 is 0. The van der Waals surface area contributed by atoms with Gasteiger partial charge in [0.05, 0.1) is 11.6 Å². The van der Waals surface area contributed by atoms with E-state index in [-0.39, 0.29) is 16.8 Å². The number of para-hydroxylation sites is 2. The maximum atomic E-state index is 5.96. The fourth-order valence-corrected chi connectivity index (χ4v) is 2.42. The molecule has 2 aromatic heterocycles. The average molecular weight is 355 g/mol. The van der Waals surface area contributed by atoms with Gasteiger partial charge in [0.1, 0.15) is 5.76 Å². The largest absolute Gasteiger partial charge is 0.445 e. The van der Waals surface area contributed by atoms with Gasteiger partial charge in [-0.05, 0) is 37.2 Å². The second-order valence-corrected chi connectivity index (χ2v) is 6.73. The van der Waals surface area contributed by atoms with Crippen LogP contribution in [0.25, 0.3) is 11.0 Å². The van der Waals surface area contributed by atoms with Crippen molar-refractivity contribution in [3.8, 4) is 0 Å². The van der Waals surface area contributed by atoms with Gasteiger partial charge in [0, 0.05) is 23.2 Å². The summed E-state index contributed by atoms with van der Waals surface area (Å²) in [5.74, 6) is 3.03. The van der Waals surface area contributed by atoms with Crippen molar-refractivity contribution in [2.75, 3.05) is 0 Å². The predicted molar refractivity (Wildman–Crippen MR) is 86.9 cm³/mol. The first-order valence-electron chi connectivity index (χ1n) is 7.82. The molecule has 0 spiro atoms. The number of hydrogen-bond acceptors (Lipinski definition) is 3. The van der Waals surface area contributed by atoms with E-state index in [0.29, 0.717) is 11.8 Å². The van der Waals surface area contributed by atoms with Gasteiger partial charge in [-0.15, -0.1) is 0 Å². The number of nitrogens with zero attached hydrogens (tertiary/aromatic N) is 3. The normalized spacial score (nSPS) is 11.9. The van der Waals surface area contributed by atoms with E-state index in [0.717, 1.165) is 35.5 Å². The molecule has 1 aromatic carbocycles. The fourth-order valence-electron chi connectivity index (χ4n) is 2.42. The number of benzene rings is 1. The minimum atomic E-state index is -0.435. The van der Waals surface area contributed by atoms with Crippen LogP contribution in [0.4, 0.5) is 0 Å². The molecule has 0 saturated heterocycles. The summed E-state index contributed by atoms with van der Waals surface area (Å²) in [6, 6.07) is 7.91. The third kappa shape index (κ3) is 3.67. The molecule has 0 saturated carbocycles. The Hall–Kier alpha value is -1.59. The van der Waals surface area contributed by atoms with Crippen molar-refractivity contribution >= 4 is 11.0 Å².